The number of carboxylic acids is 1. The van der Waals surface area contributed by atoms with E-state index in [0.717, 1.165) is 10.0 Å². The number of hydrogen-bond donors (Lipinski definition) is 4. The Hall–Kier alpha value is -3.07. The highest BCUT2D eigenvalue weighted by molar-refractivity contribution is 9.10. The van der Waals surface area contributed by atoms with E-state index in [1.165, 1.54) is 24.3 Å². The minimum atomic E-state index is -4.90. The number of halogens is 4. The average Bonchev–Trinajstić information content (AvgIpc) is 3.42. The highest BCUT2D eigenvalue weighted by Gasteiger charge is 2.56. The van der Waals surface area contributed by atoms with E-state index in [9.17, 15) is 23.1 Å². The van der Waals surface area contributed by atoms with Gasteiger partial charge in [0.25, 0.3) is 0 Å². The van der Waals surface area contributed by atoms with Crippen LogP contribution in [0.4, 0.5) is 13.2 Å². The van der Waals surface area contributed by atoms with Crippen molar-refractivity contribution in [1.82, 2.24) is 4.98 Å². The summed E-state index contributed by atoms with van der Waals surface area (Å²) >= 11 is 3.43. The number of hydrogen-bond acceptors (Lipinski definition) is 5. The molecule has 37 heavy (non-hydrogen) atoms. The van der Waals surface area contributed by atoms with E-state index in [1.807, 2.05) is 6.07 Å². The number of carboxylic acid groups (broad SMARTS) is 1. The molecule has 0 spiro atoms. The summed E-state index contributed by atoms with van der Waals surface area (Å²) in [7, 11) is 0. The van der Waals surface area contributed by atoms with Crippen LogP contribution in [0.3, 0.4) is 0 Å². The summed E-state index contributed by atoms with van der Waals surface area (Å²) in [5, 5.41) is 28.1. The molecule has 198 valence electrons. The molecule has 0 saturated heterocycles. The van der Waals surface area contributed by atoms with Crippen molar-refractivity contribution in [2.75, 3.05) is 13.2 Å². The monoisotopic (exact) mass is 581 g/mol. The van der Waals surface area contributed by atoms with E-state index in [-0.39, 0.29) is 17.8 Å². The molecule has 2 heterocycles. The molecule has 4 rings (SSSR count). The maximum atomic E-state index is 14.2. The Morgan fingerprint density at radius 1 is 1.24 bits per heavy atom. The number of alkyl halides is 3. The summed E-state index contributed by atoms with van der Waals surface area (Å²) in [6, 6.07) is 11.1. The summed E-state index contributed by atoms with van der Waals surface area (Å²) in [6.07, 6.45) is -5.52. The molecule has 1 atom stereocenters. The van der Waals surface area contributed by atoms with Gasteiger partial charge in [0.1, 0.15) is 5.75 Å². The number of fused-ring (bicyclic) bond motifs is 2. The molecule has 3 aromatic rings. The van der Waals surface area contributed by atoms with Crippen molar-refractivity contribution in [3.05, 3.63) is 63.3 Å². The first-order valence-electron chi connectivity index (χ1n) is 11.4. The number of nitrogens with two attached hydrogens (primary N) is 1. The van der Waals surface area contributed by atoms with E-state index in [0.29, 0.717) is 35.2 Å². The Balaban J connectivity index is 0.000000886. The lowest BCUT2D eigenvalue weighted by Gasteiger charge is -2.38. The van der Waals surface area contributed by atoms with Gasteiger partial charge in [0.15, 0.2) is 5.60 Å². The smallest absolute Gasteiger partial charge is 0.417 e. The van der Waals surface area contributed by atoms with E-state index in [2.05, 4.69) is 26.6 Å². The topological polar surface area (TPSA) is 132 Å². The number of benzene rings is 2. The van der Waals surface area contributed by atoms with Crippen molar-refractivity contribution in [2.24, 2.45) is 5.73 Å². The van der Waals surface area contributed by atoms with Crippen LogP contribution in [-0.4, -0.2) is 46.1 Å². The molecule has 1 aromatic heterocycles. The summed E-state index contributed by atoms with van der Waals surface area (Å²) in [4.78, 5) is 14.1. The third kappa shape index (κ3) is 6.26. The maximum absolute atomic E-state index is 14.2. The number of carbonyl (C=O) groups is 1. The number of aliphatic hydroxyl groups is 1. The number of H-pyrrole nitrogens is 1. The Morgan fingerprint density at radius 2 is 1.92 bits per heavy atom. The Bertz CT molecular complexity index is 1350. The molecule has 0 amide bonds. The number of ether oxygens (including phenoxy) is 1. The second-order valence-electron chi connectivity index (χ2n) is 9.57. The minimum absolute atomic E-state index is 0.0313. The van der Waals surface area contributed by atoms with Crippen LogP contribution >= 0.6 is 15.9 Å². The van der Waals surface area contributed by atoms with Gasteiger partial charge in [-0.25, -0.2) is 4.79 Å². The highest BCUT2D eigenvalue weighted by atomic mass is 79.9. The number of nitrogens with one attached hydrogen (secondary N) is 1. The van der Waals surface area contributed by atoms with Gasteiger partial charge in [-0.05, 0) is 53.8 Å². The lowest BCUT2D eigenvalue weighted by Crippen LogP contribution is -2.51. The Labute approximate surface area is 220 Å². The van der Waals surface area contributed by atoms with Crippen LogP contribution in [0.2, 0.25) is 0 Å². The molecule has 0 bridgehead atoms. The molecule has 2 aromatic carbocycles. The number of rotatable bonds is 6. The highest BCUT2D eigenvalue weighted by Crippen LogP contribution is 2.47. The zero-order valence-corrected chi connectivity index (χ0v) is 21.8. The van der Waals surface area contributed by atoms with Crippen LogP contribution in [-0.2, 0) is 18.3 Å². The van der Waals surface area contributed by atoms with Gasteiger partial charge in [-0.1, -0.05) is 29.8 Å². The van der Waals surface area contributed by atoms with Gasteiger partial charge in [-0.2, -0.15) is 18.4 Å². The van der Waals surface area contributed by atoms with Crippen LogP contribution in [0.1, 0.15) is 47.4 Å². The third-order valence-corrected chi connectivity index (χ3v) is 6.70. The van der Waals surface area contributed by atoms with Crippen LogP contribution < -0.4 is 10.5 Å². The van der Waals surface area contributed by atoms with Gasteiger partial charge in [0.2, 0.25) is 0 Å². The number of nitrogens with zero attached hydrogens (tertiary/aromatic N) is 1. The predicted molar refractivity (Wildman–Crippen MR) is 136 cm³/mol. The van der Waals surface area contributed by atoms with Crippen molar-refractivity contribution < 1.29 is 32.9 Å². The van der Waals surface area contributed by atoms with Crippen molar-refractivity contribution in [2.45, 2.75) is 50.3 Å². The molecular formula is C26H27BrF3N3O4. The van der Waals surface area contributed by atoms with Crippen molar-refractivity contribution in [3.63, 3.8) is 0 Å². The lowest BCUT2D eigenvalue weighted by atomic mass is 9.73. The van der Waals surface area contributed by atoms with E-state index >= 15 is 0 Å². The van der Waals surface area contributed by atoms with Gasteiger partial charge in [0, 0.05) is 39.5 Å². The standard InChI is InChI=1S/C24H23BrF3NO4.C2H4N2/c1-22(2,18-10-16(25)8-13-5-6-33-20(13)18)12-23(32,24(26,27)28)11-17-9-15-7-14(21(30)31)3-4-19(15)29-17;3-1-2-4/h3-4,7-10,29,32H,5-6,11-12H2,1-2H3,(H,30,31);1,3H2. The molecule has 0 aliphatic carbocycles. The van der Waals surface area contributed by atoms with Crippen molar-refractivity contribution in [1.29, 1.82) is 5.26 Å². The predicted octanol–water partition coefficient (Wildman–Crippen LogP) is 5.24. The number of aromatic carboxylic acids is 1. The lowest BCUT2D eigenvalue weighted by molar-refractivity contribution is -0.266. The molecule has 0 fully saturated rings. The Kier molecular flexibility index (Phi) is 8.27. The zero-order chi connectivity index (χ0) is 27.6. The molecule has 1 aliphatic heterocycles. The first-order chi connectivity index (χ1) is 17.2. The van der Waals surface area contributed by atoms with Gasteiger partial charge >= 0.3 is 12.1 Å². The largest absolute Gasteiger partial charge is 0.493 e. The fourth-order valence-corrected chi connectivity index (χ4v) is 5.10. The quantitative estimate of drug-likeness (QED) is 0.294. The van der Waals surface area contributed by atoms with Crippen LogP contribution in [0.15, 0.2) is 40.9 Å². The number of aromatic amines is 1. The third-order valence-electron chi connectivity index (χ3n) is 6.24. The molecular weight excluding hydrogens is 555 g/mol. The second kappa shape index (κ2) is 10.7. The van der Waals surface area contributed by atoms with Crippen molar-refractivity contribution >= 4 is 32.8 Å². The maximum Gasteiger partial charge on any atom is 0.417 e. The summed E-state index contributed by atoms with van der Waals surface area (Å²) < 4.78 is 49.2. The molecule has 11 heteroatoms. The zero-order valence-electron chi connectivity index (χ0n) is 20.2. The molecule has 1 unspecified atom stereocenters. The SMILES string of the molecule is CC(C)(CC(O)(Cc1cc2cc(C(=O)O)ccc2[nH]1)C(F)(F)F)c1cc(Br)cc2c1OCC2.N#CCN. The van der Waals surface area contributed by atoms with Gasteiger partial charge in [-0.15, -0.1) is 0 Å². The number of aromatic nitrogens is 1. The molecule has 1 aliphatic rings. The van der Waals surface area contributed by atoms with E-state index < -0.39 is 36.0 Å². The van der Waals surface area contributed by atoms with Crippen LogP contribution in [0.25, 0.3) is 10.9 Å². The molecule has 0 saturated carbocycles. The fraction of sp³-hybridized carbons (Fsp3) is 0.385. The minimum Gasteiger partial charge on any atom is -0.493 e. The number of nitriles is 1. The average molecular weight is 582 g/mol. The fourth-order valence-electron chi connectivity index (χ4n) is 4.60. The molecule has 0 radical (unpaired) electrons. The first-order valence-corrected chi connectivity index (χ1v) is 12.2. The van der Waals surface area contributed by atoms with Crippen molar-refractivity contribution in [3.8, 4) is 11.8 Å². The van der Waals surface area contributed by atoms with Gasteiger partial charge in [-0.3, -0.25) is 0 Å². The molecule has 7 nitrogen and oxygen atoms in total. The van der Waals surface area contributed by atoms with E-state index in [1.54, 1.807) is 26.0 Å². The summed E-state index contributed by atoms with van der Waals surface area (Å²) in [5.41, 5.74) is 2.80. The summed E-state index contributed by atoms with van der Waals surface area (Å²) in [6.45, 7) is 3.92. The van der Waals surface area contributed by atoms with Gasteiger partial charge < -0.3 is 25.7 Å². The van der Waals surface area contributed by atoms with Crippen LogP contribution in [0, 0.1) is 11.3 Å². The molecule has 5 N–H and O–H groups in total. The Morgan fingerprint density at radius 3 is 2.51 bits per heavy atom. The van der Waals surface area contributed by atoms with Gasteiger partial charge in [0.05, 0.1) is 24.8 Å². The van der Waals surface area contributed by atoms with Crippen LogP contribution in [0.5, 0.6) is 5.75 Å². The van der Waals surface area contributed by atoms with E-state index in [4.69, 9.17) is 15.1 Å². The second-order valence-corrected chi connectivity index (χ2v) is 10.5. The normalized spacial score (nSPS) is 14.7. The summed E-state index contributed by atoms with van der Waals surface area (Å²) in [5.74, 6) is -0.545. The first kappa shape index (κ1) is 28.5.